The number of hydrogen-bond acceptors (Lipinski definition) is 4. The Morgan fingerprint density at radius 1 is 1.08 bits per heavy atom. The molecular weight excluding hydrogens is 316 g/mol. The van der Waals surface area contributed by atoms with Crippen molar-refractivity contribution in [3.8, 4) is 5.75 Å². The predicted molar refractivity (Wildman–Crippen MR) is 95.2 cm³/mol. The van der Waals surface area contributed by atoms with Gasteiger partial charge in [0.25, 0.3) is 5.56 Å². The third kappa shape index (κ3) is 2.46. The van der Waals surface area contributed by atoms with E-state index in [1.807, 2.05) is 13.0 Å². The minimum absolute atomic E-state index is 0.0836. The number of para-hydroxylation sites is 1. The number of hydrogen-bond donors (Lipinski definition) is 1. The fourth-order valence-corrected chi connectivity index (χ4v) is 2.87. The summed E-state index contributed by atoms with van der Waals surface area (Å²) in [4.78, 5) is 29.9. The summed E-state index contributed by atoms with van der Waals surface area (Å²) < 4.78 is 1.36. The number of carbonyl (C=O) groups is 1. The molecule has 122 valence electrons. The van der Waals surface area contributed by atoms with Crippen molar-refractivity contribution in [1.29, 1.82) is 0 Å². The van der Waals surface area contributed by atoms with Gasteiger partial charge in [0.05, 0.1) is 16.5 Å². The van der Waals surface area contributed by atoms with Gasteiger partial charge in [-0.05, 0) is 43.3 Å². The Kier molecular flexibility index (Phi) is 3.35. The zero-order valence-electron chi connectivity index (χ0n) is 13.4. The monoisotopic (exact) mass is 330 g/mol. The van der Waals surface area contributed by atoms with Crippen molar-refractivity contribution in [2.24, 2.45) is 0 Å². The molecule has 0 fully saturated rings. The van der Waals surface area contributed by atoms with E-state index >= 15 is 0 Å². The zero-order chi connectivity index (χ0) is 17.6. The molecule has 4 rings (SSSR count). The van der Waals surface area contributed by atoms with Crippen LogP contribution in [0.2, 0.25) is 0 Å². The Balaban J connectivity index is 1.93. The highest BCUT2D eigenvalue weighted by Crippen LogP contribution is 2.22. The topological polar surface area (TPSA) is 71.7 Å². The summed E-state index contributed by atoms with van der Waals surface area (Å²) in [5.41, 5.74) is 2.24. The van der Waals surface area contributed by atoms with Gasteiger partial charge in [0.15, 0.2) is 5.78 Å². The second kappa shape index (κ2) is 5.56. The second-order valence-corrected chi connectivity index (χ2v) is 5.93. The van der Waals surface area contributed by atoms with Crippen molar-refractivity contribution < 1.29 is 9.90 Å². The Bertz CT molecular complexity index is 1210. The van der Waals surface area contributed by atoms with Crippen molar-refractivity contribution in [3.63, 3.8) is 0 Å². The molecule has 0 aliphatic rings. The van der Waals surface area contributed by atoms with E-state index in [9.17, 15) is 14.7 Å². The summed E-state index contributed by atoms with van der Waals surface area (Å²) >= 11 is 0. The number of phenols is 1. The largest absolute Gasteiger partial charge is 0.507 e. The van der Waals surface area contributed by atoms with Gasteiger partial charge < -0.3 is 5.11 Å². The molecule has 5 heteroatoms. The second-order valence-electron chi connectivity index (χ2n) is 5.93. The summed E-state index contributed by atoms with van der Waals surface area (Å²) in [5, 5.41) is 10.5. The fraction of sp³-hybridized carbons (Fsp3) is 0.0500. The Morgan fingerprint density at radius 2 is 1.88 bits per heavy atom. The maximum absolute atomic E-state index is 12.7. The van der Waals surface area contributed by atoms with Crippen molar-refractivity contribution in [3.05, 3.63) is 87.8 Å². The summed E-state index contributed by atoms with van der Waals surface area (Å²) in [6.07, 6.45) is 1.47. The first-order valence-corrected chi connectivity index (χ1v) is 7.80. The van der Waals surface area contributed by atoms with Gasteiger partial charge in [-0.25, -0.2) is 4.98 Å². The molecule has 0 radical (unpaired) electrons. The summed E-state index contributed by atoms with van der Waals surface area (Å²) in [7, 11) is 0. The maximum Gasteiger partial charge on any atom is 0.265 e. The predicted octanol–water partition coefficient (Wildman–Crippen LogP) is 3.09. The molecule has 0 aliphatic carbocycles. The number of aryl methyl sites for hydroxylation is 1. The minimum Gasteiger partial charge on any atom is -0.507 e. The number of aromatic hydroxyl groups is 1. The summed E-state index contributed by atoms with van der Waals surface area (Å²) in [6, 6.07) is 15.2. The molecule has 0 unspecified atom stereocenters. The molecule has 2 heterocycles. The lowest BCUT2D eigenvalue weighted by Crippen LogP contribution is -2.16. The average Bonchev–Trinajstić information content (AvgIpc) is 2.63. The lowest BCUT2D eigenvalue weighted by molar-refractivity contribution is 0.103. The van der Waals surface area contributed by atoms with Gasteiger partial charge in [-0.15, -0.1) is 0 Å². The molecule has 1 N–H and O–H groups in total. The highest BCUT2D eigenvalue weighted by atomic mass is 16.3. The molecule has 0 bridgehead atoms. The molecule has 0 spiro atoms. The fourth-order valence-electron chi connectivity index (χ4n) is 2.87. The van der Waals surface area contributed by atoms with Gasteiger partial charge in [-0.1, -0.05) is 23.8 Å². The van der Waals surface area contributed by atoms with Crippen LogP contribution >= 0.6 is 0 Å². The lowest BCUT2D eigenvalue weighted by Gasteiger charge is -2.08. The standard InChI is InChI=1S/C20H14N2O3/c1-12-6-8-17(23)15(10-12)19(24)13-7-9-18-21-16-5-3-2-4-14(16)20(25)22(18)11-13/h2-11,23H,1H3. The van der Waals surface area contributed by atoms with E-state index in [-0.39, 0.29) is 22.7 Å². The van der Waals surface area contributed by atoms with Crippen LogP contribution in [0.1, 0.15) is 21.5 Å². The van der Waals surface area contributed by atoms with Crippen LogP contribution in [0.15, 0.2) is 65.6 Å². The number of carbonyl (C=O) groups excluding carboxylic acids is 1. The average molecular weight is 330 g/mol. The van der Waals surface area contributed by atoms with Crippen molar-refractivity contribution in [1.82, 2.24) is 9.38 Å². The number of aromatic nitrogens is 2. The smallest absolute Gasteiger partial charge is 0.265 e. The first kappa shape index (κ1) is 15.1. The molecule has 5 nitrogen and oxygen atoms in total. The highest BCUT2D eigenvalue weighted by molar-refractivity contribution is 6.10. The number of phenolic OH excluding ortho intramolecular Hbond substituents is 1. The van der Waals surface area contributed by atoms with E-state index in [1.165, 1.54) is 16.7 Å². The van der Waals surface area contributed by atoms with Crippen LogP contribution in [0.4, 0.5) is 0 Å². The minimum atomic E-state index is -0.344. The number of nitrogens with zero attached hydrogens (tertiary/aromatic N) is 2. The molecule has 0 aliphatic heterocycles. The summed E-state index contributed by atoms with van der Waals surface area (Å²) in [5.74, 6) is -0.428. The van der Waals surface area contributed by atoms with Crippen LogP contribution in [0.3, 0.4) is 0 Å². The molecule has 4 aromatic rings. The SMILES string of the molecule is Cc1ccc(O)c(C(=O)c2ccc3nc4ccccc4c(=O)n3c2)c1. The van der Waals surface area contributed by atoms with E-state index in [4.69, 9.17) is 0 Å². The van der Waals surface area contributed by atoms with Crippen molar-refractivity contribution >= 4 is 22.3 Å². The summed E-state index contributed by atoms with van der Waals surface area (Å²) in [6.45, 7) is 1.84. The van der Waals surface area contributed by atoms with E-state index in [1.54, 1.807) is 42.5 Å². The van der Waals surface area contributed by atoms with Gasteiger partial charge >= 0.3 is 0 Å². The Labute approximate surface area is 142 Å². The number of rotatable bonds is 2. The normalized spacial score (nSPS) is 11.1. The van der Waals surface area contributed by atoms with E-state index in [0.29, 0.717) is 22.1 Å². The van der Waals surface area contributed by atoms with Crippen LogP contribution in [-0.2, 0) is 0 Å². The first-order chi connectivity index (χ1) is 12.0. The van der Waals surface area contributed by atoms with Crippen LogP contribution in [0.25, 0.3) is 16.6 Å². The number of fused-ring (bicyclic) bond motifs is 2. The molecule has 0 amide bonds. The van der Waals surface area contributed by atoms with Crippen LogP contribution < -0.4 is 5.56 Å². The van der Waals surface area contributed by atoms with E-state index in [0.717, 1.165) is 5.56 Å². The van der Waals surface area contributed by atoms with E-state index in [2.05, 4.69) is 4.98 Å². The third-order valence-corrected chi connectivity index (χ3v) is 4.17. The van der Waals surface area contributed by atoms with Gasteiger partial charge in [-0.2, -0.15) is 0 Å². The van der Waals surface area contributed by atoms with Crippen molar-refractivity contribution in [2.45, 2.75) is 6.92 Å². The number of pyridine rings is 1. The van der Waals surface area contributed by atoms with Crippen LogP contribution in [0, 0.1) is 6.92 Å². The van der Waals surface area contributed by atoms with Gasteiger partial charge in [0, 0.05) is 11.8 Å². The highest BCUT2D eigenvalue weighted by Gasteiger charge is 2.15. The molecule has 25 heavy (non-hydrogen) atoms. The van der Waals surface area contributed by atoms with Crippen LogP contribution in [0.5, 0.6) is 5.75 Å². The molecule has 2 aromatic carbocycles. The zero-order valence-corrected chi connectivity index (χ0v) is 13.4. The molecular formula is C20H14N2O3. The Hall–Kier alpha value is -3.47. The quantitative estimate of drug-likeness (QED) is 0.453. The molecule has 0 saturated carbocycles. The van der Waals surface area contributed by atoms with Gasteiger partial charge in [-0.3, -0.25) is 14.0 Å². The van der Waals surface area contributed by atoms with Crippen LogP contribution in [-0.4, -0.2) is 20.3 Å². The van der Waals surface area contributed by atoms with Gasteiger partial charge in [0.2, 0.25) is 0 Å². The number of ketones is 1. The van der Waals surface area contributed by atoms with Crippen molar-refractivity contribution in [2.75, 3.05) is 0 Å². The maximum atomic E-state index is 12.7. The van der Waals surface area contributed by atoms with Gasteiger partial charge in [0.1, 0.15) is 11.4 Å². The first-order valence-electron chi connectivity index (χ1n) is 7.80. The molecule has 2 aromatic heterocycles. The Morgan fingerprint density at radius 3 is 2.72 bits per heavy atom. The number of benzene rings is 2. The van der Waals surface area contributed by atoms with E-state index < -0.39 is 0 Å². The third-order valence-electron chi connectivity index (χ3n) is 4.17. The molecule has 0 atom stereocenters. The lowest BCUT2D eigenvalue weighted by atomic mass is 10.0. The molecule has 0 saturated heterocycles.